The number of hydrogen-bond acceptors (Lipinski definition) is 3. The van der Waals surface area contributed by atoms with E-state index < -0.39 is 0 Å². The molecule has 1 unspecified atom stereocenters. The molecule has 1 aliphatic heterocycles. The molecule has 4 heteroatoms. The zero-order valence-electron chi connectivity index (χ0n) is 13.7. The standard InChI is InChI=1S/C17H33N3O/c1-15(18)8-9-17(21)20-11-5-10-19(12-13-20)14-16-6-3-2-4-7-16/h15-16H,2-14,18H2,1H3. The highest BCUT2D eigenvalue weighted by Gasteiger charge is 2.22. The lowest BCUT2D eigenvalue weighted by atomic mass is 9.89. The number of rotatable bonds is 5. The Balaban J connectivity index is 1.72. The van der Waals surface area contributed by atoms with Crippen molar-refractivity contribution >= 4 is 5.91 Å². The Labute approximate surface area is 130 Å². The highest BCUT2D eigenvalue weighted by atomic mass is 16.2. The van der Waals surface area contributed by atoms with Crippen LogP contribution in [0.5, 0.6) is 0 Å². The second kappa shape index (κ2) is 8.74. The molecule has 4 nitrogen and oxygen atoms in total. The summed E-state index contributed by atoms with van der Waals surface area (Å²) in [5.74, 6) is 1.20. The van der Waals surface area contributed by atoms with Gasteiger partial charge in [-0.15, -0.1) is 0 Å². The molecule has 0 aromatic heterocycles. The van der Waals surface area contributed by atoms with Gasteiger partial charge < -0.3 is 15.5 Å². The van der Waals surface area contributed by atoms with Crippen molar-refractivity contribution in [2.75, 3.05) is 32.7 Å². The molecule has 0 radical (unpaired) electrons. The molecular formula is C17H33N3O. The Morgan fingerprint density at radius 3 is 2.57 bits per heavy atom. The third kappa shape index (κ3) is 5.95. The maximum Gasteiger partial charge on any atom is 0.222 e. The molecule has 1 aliphatic carbocycles. The average Bonchev–Trinajstić information content (AvgIpc) is 2.71. The summed E-state index contributed by atoms with van der Waals surface area (Å²) < 4.78 is 0. The number of hydrogen-bond donors (Lipinski definition) is 1. The van der Waals surface area contributed by atoms with E-state index in [4.69, 9.17) is 5.73 Å². The third-order valence-corrected chi connectivity index (χ3v) is 5.00. The molecule has 0 spiro atoms. The lowest BCUT2D eigenvalue weighted by Crippen LogP contribution is -2.37. The summed E-state index contributed by atoms with van der Waals surface area (Å²) >= 11 is 0. The predicted molar refractivity (Wildman–Crippen MR) is 87.1 cm³/mol. The van der Waals surface area contributed by atoms with Gasteiger partial charge in [0.05, 0.1) is 0 Å². The second-order valence-electron chi connectivity index (χ2n) is 7.05. The van der Waals surface area contributed by atoms with E-state index in [-0.39, 0.29) is 6.04 Å². The van der Waals surface area contributed by atoms with Crippen LogP contribution in [0.1, 0.15) is 58.3 Å². The molecule has 1 saturated heterocycles. The van der Waals surface area contributed by atoms with Gasteiger partial charge in [0, 0.05) is 38.6 Å². The van der Waals surface area contributed by atoms with Crippen molar-refractivity contribution in [3.05, 3.63) is 0 Å². The van der Waals surface area contributed by atoms with Gasteiger partial charge >= 0.3 is 0 Å². The lowest BCUT2D eigenvalue weighted by molar-refractivity contribution is -0.131. The van der Waals surface area contributed by atoms with Crippen molar-refractivity contribution < 1.29 is 4.79 Å². The summed E-state index contributed by atoms with van der Waals surface area (Å²) in [7, 11) is 0. The second-order valence-corrected chi connectivity index (χ2v) is 7.05. The summed E-state index contributed by atoms with van der Waals surface area (Å²) in [4.78, 5) is 16.9. The van der Waals surface area contributed by atoms with Gasteiger partial charge in [0.1, 0.15) is 0 Å². The van der Waals surface area contributed by atoms with Crippen molar-refractivity contribution in [1.29, 1.82) is 0 Å². The monoisotopic (exact) mass is 295 g/mol. The maximum absolute atomic E-state index is 12.2. The number of carbonyl (C=O) groups is 1. The van der Waals surface area contributed by atoms with Gasteiger partial charge in [-0.05, 0) is 45.1 Å². The van der Waals surface area contributed by atoms with Crippen molar-refractivity contribution in [1.82, 2.24) is 9.80 Å². The van der Waals surface area contributed by atoms with Crippen LogP contribution >= 0.6 is 0 Å². The van der Waals surface area contributed by atoms with Gasteiger partial charge in [-0.3, -0.25) is 4.79 Å². The zero-order valence-corrected chi connectivity index (χ0v) is 13.7. The van der Waals surface area contributed by atoms with E-state index in [1.54, 1.807) is 0 Å². The largest absolute Gasteiger partial charge is 0.341 e. The molecule has 21 heavy (non-hydrogen) atoms. The predicted octanol–water partition coefficient (Wildman–Crippen LogP) is 2.23. The van der Waals surface area contributed by atoms with Gasteiger partial charge in [-0.25, -0.2) is 0 Å². The normalized spacial score (nSPS) is 23.8. The SMILES string of the molecule is CC(N)CCC(=O)N1CCCN(CC2CCCCC2)CC1. The van der Waals surface area contributed by atoms with Crippen molar-refractivity contribution in [3.8, 4) is 0 Å². The smallest absolute Gasteiger partial charge is 0.222 e. The summed E-state index contributed by atoms with van der Waals surface area (Å²) in [6, 6.07) is 0.128. The van der Waals surface area contributed by atoms with Crippen LogP contribution in [0.15, 0.2) is 0 Å². The first-order valence-electron chi connectivity index (χ1n) is 8.91. The van der Waals surface area contributed by atoms with Gasteiger partial charge in [0.2, 0.25) is 5.91 Å². The quantitative estimate of drug-likeness (QED) is 0.846. The Bertz CT molecular complexity index is 313. The van der Waals surface area contributed by atoms with Crippen LogP contribution in [0, 0.1) is 5.92 Å². The van der Waals surface area contributed by atoms with E-state index in [0.29, 0.717) is 12.3 Å². The Hall–Kier alpha value is -0.610. The molecule has 1 amide bonds. The minimum absolute atomic E-state index is 0.128. The molecule has 0 aromatic carbocycles. The number of nitrogens with two attached hydrogens (primary N) is 1. The van der Waals surface area contributed by atoms with E-state index in [0.717, 1.165) is 44.9 Å². The van der Waals surface area contributed by atoms with Crippen LogP contribution in [-0.2, 0) is 4.79 Å². The Morgan fingerprint density at radius 2 is 1.86 bits per heavy atom. The average molecular weight is 295 g/mol. The molecule has 2 fully saturated rings. The summed E-state index contributed by atoms with van der Waals surface area (Å²) in [6.45, 7) is 7.28. The number of carbonyl (C=O) groups excluding carboxylic acids is 1. The van der Waals surface area contributed by atoms with Crippen LogP contribution in [-0.4, -0.2) is 54.5 Å². The molecule has 2 rings (SSSR count). The summed E-state index contributed by atoms with van der Waals surface area (Å²) in [5.41, 5.74) is 5.75. The van der Waals surface area contributed by atoms with Crippen LogP contribution in [0.3, 0.4) is 0 Å². The fraction of sp³-hybridized carbons (Fsp3) is 0.941. The third-order valence-electron chi connectivity index (χ3n) is 5.00. The van der Waals surface area contributed by atoms with Gasteiger partial charge in [-0.2, -0.15) is 0 Å². The first-order valence-corrected chi connectivity index (χ1v) is 8.91. The van der Waals surface area contributed by atoms with Crippen LogP contribution in [0.4, 0.5) is 0 Å². The zero-order chi connectivity index (χ0) is 15.1. The first-order chi connectivity index (χ1) is 10.1. The van der Waals surface area contributed by atoms with Crippen molar-refractivity contribution in [2.45, 2.75) is 64.3 Å². The molecule has 1 atom stereocenters. The molecule has 122 valence electrons. The van der Waals surface area contributed by atoms with E-state index in [9.17, 15) is 4.79 Å². The fourth-order valence-electron chi connectivity index (χ4n) is 3.65. The maximum atomic E-state index is 12.2. The first kappa shape index (κ1) is 16.8. The van der Waals surface area contributed by atoms with E-state index in [2.05, 4.69) is 9.80 Å². The van der Waals surface area contributed by atoms with E-state index in [1.807, 2.05) is 6.92 Å². The van der Waals surface area contributed by atoms with Gasteiger partial charge in [-0.1, -0.05) is 19.3 Å². The van der Waals surface area contributed by atoms with Crippen LogP contribution in [0.2, 0.25) is 0 Å². The Morgan fingerprint density at radius 1 is 1.10 bits per heavy atom. The molecule has 2 aliphatic rings. The topological polar surface area (TPSA) is 49.6 Å². The minimum atomic E-state index is 0.128. The highest BCUT2D eigenvalue weighted by Crippen LogP contribution is 2.24. The van der Waals surface area contributed by atoms with Crippen LogP contribution in [0.25, 0.3) is 0 Å². The number of nitrogens with zero attached hydrogens (tertiary/aromatic N) is 2. The fourth-order valence-corrected chi connectivity index (χ4v) is 3.65. The minimum Gasteiger partial charge on any atom is -0.341 e. The molecule has 0 bridgehead atoms. The molecular weight excluding hydrogens is 262 g/mol. The van der Waals surface area contributed by atoms with Crippen LogP contribution < -0.4 is 5.73 Å². The highest BCUT2D eigenvalue weighted by molar-refractivity contribution is 5.76. The molecule has 1 heterocycles. The van der Waals surface area contributed by atoms with Crippen molar-refractivity contribution in [2.24, 2.45) is 11.7 Å². The molecule has 2 N–H and O–H groups in total. The summed E-state index contributed by atoms with van der Waals surface area (Å²) in [5, 5.41) is 0. The van der Waals surface area contributed by atoms with E-state index in [1.165, 1.54) is 38.6 Å². The lowest BCUT2D eigenvalue weighted by Gasteiger charge is -2.28. The van der Waals surface area contributed by atoms with Gasteiger partial charge in [0.25, 0.3) is 0 Å². The number of amides is 1. The van der Waals surface area contributed by atoms with E-state index >= 15 is 0 Å². The molecule has 0 aromatic rings. The van der Waals surface area contributed by atoms with Crippen molar-refractivity contribution in [3.63, 3.8) is 0 Å². The molecule has 1 saturated carbocycles. The summed E-state index contributed by atoms with van der Waals surface area (Å²) in [6.07, 6.45) is 9.62. The Kier molecular flexibility index (Phi) is 6.97. The van der Waals surface area contributed by atoms with Gasteiger partial charge in [0.15, 0.2) is 0 Å².